The first kappa shape index (κ1) is 18.5. The number of halogens is 1. The second-order valence-electron chi connectivity index (χ2n) is 7.83. The molecule has 0 fully saturated rings. The van der Waals surface area contributed by atoms with E-state index in [0.717, 1.165) is 27.6 Å². The van der Waals surface area contributed by atoms with Crippen LogP contribution >= 0.6 is 0 Å². The average molecular weight is 425 g/mol. The highest BCUT2D eigenvalue weighted by molar-refractivity contribution is 6.36. The van der Waals surface area contributed by atoms with Gasteiger partial charge >= 0.3 is 0 Å². The molecule has 2 aromatic heterocycles. The first-order valence-electron chi connectivity index (χ1n) is 10.1. The number of pyridine rings is 1. The largest absolute Gasteiger partial charge is 0.489 e. The molecule has 1 N–H and O–H groups in total. The lowest BCUT2D eigenvalue weighted by Gasteiger charge is -2.07. The average Bonchev–Trinajstić information content (AvgIpc) is 3.29. The number of aromatic nitrogens is 2. The summed E-state index contributed by atoms with van der Waals surface area (Å²) in [6.07, 6.45) is 1.11. The fourth-order valence-corrected chi connectivity index (χ4v) is 4.39. The first-order chi connectivity index (χ1) is 15.5. The van der Waals surface area contributed by atoms with E-state index in [4.69, 9.17) is 4.74 Å². The van der Waals surface area contributed by atoms with Gasteiger partial charge in [0.2, 0.25) is 0 Å². The third-order valence-electron chi connectivity index (χ3n) is 5.92. The van der Waals surface area contributed by atoms with Gasteiger partial charge in [-0.1, -0.05) is 30.3 Å². The summed E-state index contributed by atoms with van der Waals surface area (Å²) in [7, 11) is 1.43. The number of hydrogen-bond donors (Lipinski definition) is 1. The van der Waals surface area contributed by atoms with Crippen LogP contribution in [0, 0.1) is 5.82 Å². The number of ether oxygens (including phenoxy) is 1. The van der Waals surface area contributed by atoms with E-state index in [-0.39, 0.29) is 11.1 Å². The number of carbonyl (C=O) groups excluding carboxylic acids is 2. The van der Waals surface area contributed by atoms with Gasteiger partial charge in [0.15, 0.2) is 0 Å². The van der Waals surface area contributed by atoms with Crippen LogP contribution in [-0.4, -0.2) is 33.7 Å². The Morgan fingerprint density at radius 2 is 1.78 bits per heavy atom. The molecule has 0 saturated heterocycles. The number of imide groups is 1. The number of H-pyrrole nitrogens is 1. The minimum atomic E-state index is -0.568. The summed E-state index contributed by atoms with van der Waals surface area (Å²) < 4.78 is 20.0. The maximum absolute atomic E-state index is 14.0. The highest BCUT2D eigenvalue weighted by Gasteiger charge is 2.38. The summed E-state index contributed by atoms with van der Waals surface area (Å²) in [6.45, 7) is 0.400. The van der Waals surface area contributed by atoms with E-state index < -0.39 is 17.6 Å². The Labute approximate surface area is 181 Å². The molecule has 6 rings (SSSR count). The van der Waals surface area contributed by atoms with Gasteiger partial charge < -0.3 is 9.72 Å². The maximum atomic E-state index is 14.0. The lowest BCUT2D eigenvalue weighted by atomic mass is 9.97. The quantitative estimate of drug-likeness (QED) is 0.421. The molecule has 0 saturated carbocycles. The maximum Gasteiger partial charge on any atom is 0.262 e. The normalized spacial score (nSPS) is 13.5. The number of hydrogen-bond acceptors (Lipinski definition) is 4. The SMILES string of the molecule is CN1C(=O)c2c(c3c4cc(OCc5ccccc5)ccc4[nH]c3c3ncc(F)cc23)C1=O. The van der Waals surface area contributed by atoms with Crippen LogP contribution < -0.4 is 4.74 Å². The topological polar surface area (TPSA) is 75.3 Å². The van der Waals surface area contributed by atoms with E-state index in [9.17, 15) is 14.0 Å². The number of nitrogens with zero attached hydrogens (tertiary/aromatic N) is 2. The van der Waals surface area contributed by atoms with Crippen molar-refractivity contribution in [1.82, 2.24) is 14.9 Å². The molecule has 0 bridgehead atoms. The molecule has 3 aromatic carbocycles. The van der Waals surface area contributed by atoms with Gasteiger partial charge in [-0.05, 0) is 29.8 Å². The predicted octanol–water partition coefficient (Wildman–Crippen LogP) is 4.81. The van der Waals surface area contributed by atoms with Crippen LogP contribution in [0.3, 0.4) is 0 Å². The minimum absolute atomic E-state index is 0.184. The molecule has 3 heterocycles. The van der Waals surface area contributed by atoms with Crippen molar-refractivity contribution in [3.05, 3.63) is 83.3 Å². The molecule has 0 radical (unpaired) electrons. The minimum Gasteiger partial charge on any atom is -0.489 e. The molecular formula is C25H16FN3O3. The van der Waals surface area contributed by atoms with Crippen LogP contribution in [-0.2, 0) is 6.61 Å². The van der Waals surface area contributed by atoms with Gasteiger partial charge in [-0.3, -0.25) is 19.5 Å². The zero-order valence-corrected chi connectivity index (χ0v) is 17.0. The first-order valence-corrected chi connectivity index (χ1v) is 10.1. The van der Waals surface area contributed by atoms with Crippen LogP contribution in [0.1, 0.15) is 26.3 Å². The second-order valence-corrected chi connectivity index (χ2v) is 7.83. The number of amides is 2. The zero-order chi connectivity index (χ0) is 22.0. The summed E-state index contributed by atoms with van der Waals surface area (Å²) in [4.78, 5) is 34.5. The summed E-state index contributed by atoms with van der Waals surface area (Å²) >= 11 is 0. The number of fused-ring (bicyclic) bond motifs is 8. The molecule has 1 aliphatic heterocycles. The van der Waals surface area contributed by atoms with Gasteiger partial charge in [0.05, 0.1) is 28.4 Å². The number of aromatic amines is 1. The Bertz CT molecular complexity index is 1590. The highest BCUT2D eigenvalue weighted by Crippen LogP contribution is 2.41. The summed E-state index contributed by atoms with van der Waals surface area (Å²) in [5, 5.41) is 1.66. The number of carbonyl (C=O) groups is 2. The molecule has 0 unspecified atom stereocenters. The Morgan fingerprint density at radius 3 is 2.59 bits per heavy atom. The number of rotatable bonds is 3. The van der Waals surface area contributed by atoms with Crippen molar-refractivity contribution in [2.75, 3.05) is 7.05 Å². The smallest absolute Gasteiger partial charge is 0.262 e. The highest BCUT2D eigenvalue weighted by atomic mass is 19.1. The van der Waals surface area contributed by atoms with E-state index in [0.29, 0.717) is 34.2 Å². The predicted molar refractivity (Wildman–Crippen MR) is 118 cm³/mol. The molecule has 7 heteroatoms. The Kier molecular flexibility index (Phi) is 3.83. The molecule has 0 atom stereocenters. The van der Waals surface area contributed by atoms with E-state index in [1.165, 1.54) is 13.1 Å². The summed E-state index contributed by atoms with van der Waals surface area (Å²) in [6, 6.07) is 16.6. The van der Waals surface area contributed by atoms with E-state index in [1.807, 2.05) is 48.5 Å². The fourth-order valence-electron chi connectivity index (χ4n) is 4.39. The Balaban J connectivity index is 1.61. The van der Waals surface area contributed by atoms with Gasteiger partial charge in [-0.25, -0.2) is 4.39 Å². The van der Waals surface area contributed by atoms with Crippen molar-refractivity contribution in [2.45, 2.75) is 6.61 Å². The van der Waals surface area contributed by atoms with E-state index in [2.05, 4.69) is 9.97 Å². The Hall–Kier alpha value is -4.26. The van der Waals surface area contributed by atoms with Gasteiger partial charge in [0, 0.05) is 28.7 Å². The van der Waals surface area contributed by atoms with Crippen molar-refractivity contribution >= 4 is 44.5 Å². The zero-order valence-electron chi connectivity index (χ0n) is 17.0. The van der Waals surface area contributed by atoms with Crippen molar-refractivity contribution < 1.29 is 18.7 Å². The molecule has 2 amide bonds. The molecule has 1 aliphatic rings. The molecule has 32 heavy (non-hydrogen) atoms. The van der Waals surface area contributed by atoms with Crippen molar-refractivity contribution in [1.29, 1.82) is 0 Å². The van der Waals surface area contributed by atoms with E-state index in [1.54, 1.807) is 0 Å². The third kappa shape index (κ3) is 2.54. The second kappa shape index (κ2) is 6.62. The standard InChI is InChI=1S/C25H16FN3O3/c1-29-24(30)20-17-9-14(26)11-27-22(17)23-19(21(20)25(29)31)16-10-15(7-8-18(16)28-23)32-12-13-5-3-2-4-6-13/h2-11,28H,12H2,1H3. The molecule has 5 aromatic rings. The van der Waals surface area contributed by atoms with Gasteiger partial charge in [0.25, 0.3) is 11.8 Å². The van der Waals surface area contributed by atoms with Crippen LogP contribution in [0.25, 0.3) is 32.7 Å². The lowest BCUT2D eigenvalue weighted by Crippen LogP contribution is -2.24. The van der Waals surface area contributed by atoms with E-state index >= 15 is 0 Å². The number of nitrogens with one attached hydrogen (secondary N) is 1. The molecule has 6 nitrogen and oxygen atoms in total. The van der Waals surface area contributed by atoms with Gasteiger partial charge in [-0.15, -0.1) is 0 Å². The van der Waals surface area contributed by atoms with Crippen LogP contribution in [0.4, 0.5) is 4.39 Å². The Morgan fingerprint density at radius 1 is 1.00 bits per heavy atom. The lowest BCUT2D eigenvalue weighted by molar-refractivity contribution is 0.0694. The molecule has 0 spiro atoms. The molecule has 0 aliphatic carbocycles. The van der Waals surface area contributed by atoms with Crippen LogP contribution in [0.15, 0.2) is 60.8 Å². The van der Waals surface area contributed by atoms with Gasteiger partial charge in [0.1, 0.15) is 18.2 Å². The monoisotopic (exact) mass is 425 g/mol. The third-order valence-corrected chi connectivity index (χ3v) is 5.92. The summed E-state index contributed by atoms with van der Waals surface area (Å²) in [5.41, 5.74) is 3.28. The summed E-state index contributed by atoms with van der Waals surface area (Å²) in [5.74, 6) is -0.817. The van der Waals surface area contributed by atoms with Crippen LogP contribution in [0.2, 0.25) is 0 Å². The van der Waals surface area contributed by atoms with Crippen molar-refractivity contribution in [3.8, 4) is 5.75 Å². The molecular weight excluding hydrogens is 409 g/mol. The van der Waals surface area contributed by atoms with Crippen molar-refractivity contribution in [2.24, 2.45) is 0 Å². The van der Waals surface area contributed by atoms with Gasteiger partial charge in [-0.2, -0.15) is 0 Å². The fraction of sp³-hybridized carbons (Fsp3) is 0.0800. The van der Waals surface area contributed by atoms with Crippen LogP contribution in [0.5, 0.6) is 5.75 Å². The van der Waals surface area contributed by atoms with Crippen molar-refractivity contribution in [3.63, 3.8) is 0 Å². The number of benzene rings is 3. The molecule has 156 valence electrons.